The van der Waals surface area contributed by atoms with Gasteiger partial charge in [-0.1, -0.05) is 0 Å². The molecule has 1 aromatic rings. The van der Waals surface area contributed by atoms with Crippen LogP contribution in [0.25, 0.3) is 0 Å². The Morgan fingerprint density at radius 2 is 1.91 bits per heavy atom. The molecule has 2 heterocycles. The topological polar surface area (TPSA) is 49.1 Å². The number of ether oxygens (including phenoxy) is 1. The lowest BCUT2D eigenvalue weighted by Gasteiger charge is -2.23. The number of hydrogen-bond donors (Lipinski definition) is 1. The highest BCUT2D eigenvalue weighted by atomic mass is 19.3. The number of furan rings is 1. The number of rotatable bonds is 8. The number of hydrogen-bond acceptors (Lipinski definition) is 5. The highest BCUT2D eigenvalue weighted by Gasteiger charge is 2.19. The maximum atomic E-state index is 12.4. The highest BCUT2D eigenvalue weighted by molar-refractivity contribution is 4.96. The monoisotopic (exact) mass is 318 g/mol. The van der Waals surface area contributed by atoms with Crippen LogP contribution >= 0.6 is 0 Å². The quantitative estimate of drug-likeness (QED) is 0.786. The van der Waals surface area contributed by atoms with E-state index in [0.29, 0.717) is 32.8 Å². The van der Waals surface area contributed by atoms with Crippen molar-refractivity contribution in [3.8, 4) is 0 Å². The summed E-state index contributed by atoms with van der Waals surface area (Å²) in [6, 6.07) is 3.61. The number of alkyl halides is 2. The van der Waals surface area contributed by atoms with E-state index in [0.717, 1.165) is 18.7 Å². The molecule has 1 aliphatic rings. The minimum Gasteiger partial charge on any atom is -0.467 e. The number of β-amino-alcohol motifs (C(OH)–C–C–N with tert-alkyl or cyclic N) is 1. The molecule has 2 rings (SSSR count). The van der Waals surface area contributed by atoms with Gasteiger partial charge in [0.15, 0.2) is 0 Å². The van der Waals surface area contributed by atoms with E-state index in [-0.39, 0.29) is 13.2 Å². The zero-order valence-corrected chi connectivity index (χ0v) is 12.7. The molecular weight excluding hydrogens is 294 g/mol. The lowest BCUT2D eigenvalue weighted by molar-refractivity contribution is 0.00540. The van der Waals surface area contributed by atoms with Gasteiger partial charge in [0.25, 0.3) is 6.43 Å². The van der Waals surface area contributed by atoms with Gasteiger partial charge in [-0.25, -0.2) is 8.78 Å². The second kappa shape index (κ2) is 9.19. The van der Waals surface area contributed by atoms with E-state index in [1.807, 2.05) is 6.07 Å². The third-order valence-corrected chi connectivity index (χ3v) is 3.68. The summed E-state index contributed by atoms with van der Waals surface area (Å²) in [4.78, 5) is 3.89. The van der Waals surface area contributed by atoms with E-state index in [1.54, 1.807) is 17.2 Å². The van der Waals surface area contributed by atoms with Crippen molar-refractivity contribution in [3.05, 3.63) is 24.2 Å². The van der Waals surface area contributed by atoms with Crippen LogP contribution in [0.3, 0.4) is 0 Å². The molecule has 0 bridgehead atoms. The molecule has 1 aromatic heterocycles. The molecule has 0 radical (unpaired) electrons. The molecular formula is C15H24F2N2O3. The van der Waals surface area contributed by atoms with Gasteiger partial charge >= 0.3 is 0 Å². The first-order valence-electron chi connectivity index (χ1n) is 7.64. The summed E-state index contributed by atoms with van der Waals surface area (Å²) in [7, 11) is 0. The van der Waals surface area contributed by atoms with E-state index >= 15 is 0 Å². The van der Waals surface area contributed by atoms with Crippen LogP contribution in [-0.2, 0) is 11.3 Å². The summed E-state index contributed by atoms with van der Waals surface area (Å²) in [5.74, 6) is 0.726. The van der Waals surface area contributed by atoms with Gasteiger partial charge < -0.3 is 14.3 Å². The zero-order chi connectivity index (χ0) is 15.8. The average molecular weight is 318 g/mol. The van der Waals surface area contributed by atoms with Gasteiger partial charge in [-0.15, -0.1) is 0 Å². The molecule has 1 aliphatic heterocycles. The van der Waals surface area contributed by atoms with Crippen LogP contribution in [0.15, 0.2) is 22.8 Å². The third kappa shape index (κ3) is 6.39. The molecule has 126 valence electrons. The maximum absolute atomic E-state index is 12.4. The Kier molecular flexibility index (Phi) is 7.24. The standard InChI is InChI=1S/C15H24F2N2O3/c16-15(17)10-19-5-2-4-18(6-7-19)9-13(20)11-21-12-14-3-1-8-22-14/h1,3,8,13,15,20H,2,4-7,9-12H2. The molecule has 0 aliphatic carbocycles. The average Bonchev–Trinajstić information content (AvgIpc) is 2.88. The van der Waals surface area contributed by atoms with Gasteiger partial charge in [0, 0.05) is 19.6 Å². The van der Waals surface area contributed by atoms with Crippen molar-refractivity contribution in [2.45, 2.75) is 25.6 Å². The van der Waals surface area contributed by atoms with Gasteiger partial charge in [0.2, 0.25) is 0 Å². The van der Waals surface area contributed by atoms with Crippen LogP contribution in [0.1, 0.15) is 12.2 Å². The Labute approximate surface area is 129 Å². The van der Waals surface area contributed by atoms with E-state index in [1.165, 1.54) is 0 Å². The van der Waals surface area contributed by atoms with Gasteiger partial charge in [-0.3, -0.25) is 9.80 Å². The smallest absolute Gasteiger partial charge is 0.251 e. The summed E-state index contributed by atoms with van der Waals surface area (Å²) < 4.78 is 35.3. The SMILES string of the molecule is OC(COCc1ccco1)CN1CCCN(CC(F)F)CC1. The lowest BCUT2D eigenvalue weighted by Crippen LogP contribution is -2.38. The summed E-state index contributed by atoms with van der Waals surface area (Å²) in [6.45, 7) is 3.72. The molecule has 1 N–H and O–H groups in total. The number of aliphatic hydroxyl groups is 1. The van der Waals surface area contributed by atoms with Crippen molar-refractivity contribution >= 4 is 0 Å². The summed E-state index contributed by atoms with van der Waals surface area (Å²) in [6.07, 6.45) is -0.451. The fourth-order valence-corrected chi connectivity index (χ4v) is 2.63. The van der Waals surface area contributed by atoms with E-state index in [9.17, 15) is 13.9 Å². The molecule has 0 aromatic carbocycles. The molecule has 7 heteroatoms. The van der Waals surface area contributed by atoms with Crippen molar-refractivity contribution in [1.82, 2.24) is 9.80 Å². The molecule has 22 heavy (non-hydrogen) atoms. The van der Waals surface area contributed by atoms with Gasteiger partial charge in [-0.05, 0) is 31.6 Å². The Hall–Kier alpha value is -1.02. The molecule has 1 atom stereocenters. The van der Waals surface area contributed by atoms with Crippen LogP contribution in [0.5, 0.6) is 0 Å². The predicted octanol–water partition coefficient (Wildman–Crippen LogP) is 1.43. The van der Waals surface area contributed by atoms with Crippen LogP contribution in [0.4, 0.5) is 8.78 Å². The Balaban J connectivity index is 1.62. The van der Waals surface area contributed by atoms with Crippen molar-refractivity contribution in [1.29, 1.82) is 0 Å². The first-order chi connectivity index (χ1) is 10.6. The number of aliphatic hydroxyl groups excluding tert-OH is 1. The highest BCUT2D eigenvalue weighted by Crippen LogP contribution is 2.07. The van der Waals surface area contributed by atoms with Crippen LogP contribution in [0.2, 0.25) is 0 Å². The largest absolute Gasteiger partial charge is 0.467 e. The van der Waals surface area contributed by atoms with Crippen molar-refractivity contribution in [2.75, 3.05) is 45.9 Å². The van der Waals surface area contributed by atoms with Crippen molar-refractivity contribution in [2.24, 2.45) is 0 Å². The fraction of sp³-hybridized carbons (Fsp3) is 0.733. The van der Waals surface area contributed by atoms with Crippen LogP contribution in [-0.4, -0.2) is 73.3 Å². The molecule has 1 saturated heterocycles. The van der Waals surface area contributed by atoms with E-state index in [4.69, 9.17) is 9.15 Å². The summed E-state index contributed by atoms with van der Waals surface area (Å²) in [5, 5.41) is 10.0. The Bertz CT molecular complexity index is 404. The van der Waals surface area contributed by atoms with Crippen molar-refractivity contribution in [3.63, 3.8) is 0 Å². The number of nitrogens with zero attached hydrogens (tertiary/aromatic N) is 2. The Morgan fingerprint density at radius 1 is 1.18 bits per heavy atom. The first-order valence-corrected chi connectivity index (χ1v) is 7.64. The third-order valence-electron chi connectivity index (χ3n) is 3.68. The molecule has 0 amide bonds. The summed E-state index contributed by atoms with van der Waals surface area (Å²) >= 11 is 0. The second-order valence-electron chi connectivity index (χ2n) is 5.59. The van der Waals surface area contributed by atoms with Crippen LogP contribution in [0, 0.1) is 0 Å². The van der Waals surface area contributed by atoms with Gasteiger partial charge in [0.1, 0.15) is 12.4 Å². The maximum Gasteiger partial charge on any atom is 0.251 e. The molecule has 5 nitrogen and oxygen atoms in total. The molecule has 1 unspecified atom stereocenters. The predicted molar refractivity (Wildman–Crippen MR) is 77.9 cm³/mol. The van der Waals surface area contributed by atoms with Crippen LogP contribution < -0.4 is 0 Å². The minimum atomic E-state index is -2.29. The Morgan fingerprint density at radius 3 is 2.55 bits per heavy atom. The number of halogens is 2. The molecule has 1 fully saturated rings. The zero-order valence-electron chi connectivity index (χ0n) is 12.7. The lowest BCUT2D eigenvalue weighted by atomic mass is 10.3. The molecule has 0 spiro atoms. The van der Waals surface area contributed by atoms with E-state index in [2.05, 4.69) is 4.90 Å². The second-order valence-corrected chi connectivity index (χ2v) is 5.59. The minimum absolute atomic E-state index is 0.164. The molecule has 0 saturated carbocycles. The van der Waals surface area contributed by atoms with Crippen molar-refractivity contribution < 1.29 is 23.0 Å². The first kappa shape index (κ1) is 17.3. The van der Waals surface area contributed by atoms with Gasteiger partial charge in [-0.2, -0.15) is 0 Å². The fourth-order valence-electron chi connectivity index (χ4n) is 2.63. The summed E-state index contributed by atoms with van der Waals surface area (Å²) in [5.41, 5.74) is 0. The van der Waals surface area contributed by atoms with E-state index < -0.39 is 12.5 Å². The normalized spacial score (nSPS) is 19.5. The van der Waals surface area contributed by atoms with Gasteiger partial charge in [0.05, 0.1) is 25.5 Å².